The molecule has 1 unspecified atom stereocenters. The van der Waals surface area contributed by atoms with Crippen LogP contribution >= 0.6 is 0 Å². The molecular formula is C21H40N4O2. The minimum Gasteiger partial charge on any atom is -0.466 e. The number of hydrogen-bond acceptors (Lipinski definition) is 4. The SMILES string of the molecule is CCNC(=NCC(C1CCCCC1)N(C)C)N1CCC(C(=O)OCC)CC1. The fraction of sp³-hybridized carbons (Fsp3) is 0.905. The average Bonchev–Trinajstić information content (AvgIpc) is 2.68. The molecule has 1 N–H and O–H groups in total. The Balaban J connectivity index is 1.95. The van der Waals surface area contributed by atoms with E-state index in [0.29, 0.717) is 12.6 Å². The third kappa shape index (κ3) is 6.66. The van der Waals surface area contributed by atoms with Gasteiger partial charge < -0.3 is 19.9 Å². The third-order valence-corrected chi connectivity index (χ3v) is 6.03. The van der Waals surface area contributed by atoms with E-state index in [-0.39, 0.29) is 11.9 Å². The van der Waals surface area contributed by atoms with Gasteiger partial charge in [0.1, 0.15) is 0 Å². The van der Waals surface area contributed by atoms with E-state index in [1.807, 2.05) is 6.92 Å². The van der Waals surface area contributed by atoms with Gasteiger partial charge in [-0.2, -0.15) is 0 Å². The molecule has 2 aliphatic rings. The molecule has 0 spiro atoms. The van der Waals surface area contributed by atoms with Crippen LogP contribution < -0.4 is 5.32 Å². The van der Waals surface area contributed by atoms with Gasteiger partial charge in [0.2, 0.25) is 0 Å². The molecule has 6 nitrogen and oxygen atoms in total. The molecule has 1 atom stereocenters. The number of likely N-dealkylation sites (tertiary alicyclic amines) is 1. The van der Waals surface area contributed by atoms with E-state index in [2.05, 4.69) is 36.1 Å². The number of ether oxygens (including phenoxy) is 1. The number of piperidine rings is 1. The van der Waals surface area contributed by atoms with E-state index in [9.17, 15) is 4.79 Å². The highest BCUT2D eigenvalue weighted by Gasteiger charge is 2.28. The summed E-state index contributed by atoms with van der Waals surface area (Å²) in [6.07, 6.45) is 8.48. The fourth-order valence-corrected chi connectivity index (χ4v) is 4.45. The second-order valence-electron chi connectivity index (χ2n) is 8.14. The van der Waals surface area contributed by atoms with Gasteiger partial charge in [-0.15, -0.1) is 0 Å². The number of nitrogens with one attached hydrogen (secondary N) is 1. The number of aliphatic imine (C=N–C) groups is 1. The van der Waals surface area contributed by atoms with Crippen LogP contribution in [0.1, 0.15) is 58.8 Å². The van der Waals surface area contributed by atoms with Crippen molar-refractivity contribution in [2.24, 2.45) is 16.8 Å². The molecule has 0 radical (unpaired) electrons. The van der Waals surface area contributed by atoms with Gasteiger partial charge in [-0.25, -0.2) is 0 Å². The Morgan fingerprint density at radius 3 is 2.37 bits per heavy atom. The molecule has 6 heteroatoms. The zero-order chi connectivity index (χ0) is 19.6. The predicted octanol–water partition coefficient (Wildman–Crippen LogP) is 2.74. The van der Waals surface area contributed by atoms with Crippen LogP contribution in [0.25, 0.3) is 0 Å². The number of nitrogens with zero attached hydrogens (tertiary/aromatic N) is 3. The van der Waals surface area contributed by atoms with Gasteiger partial charge in [0.25, 0.3) is 0 Å². The van der Waals surface area contributed by atoms with Crippen molar-refractivity contribution in [3.8, 4) is 0 Å². The van der Waals surface area contributed by atoms with Gasteiger partial charge in [0.15, 0.2) is 5.96 Å². The molecule has 1 saturated heterocycles. The van der Waals surface area contributed by atoms with Crippen molar-refractivity contribution in [3.05, 3.63) is 0 Å². The first-order valence-electron chi connectivity index (χ1n) is 10.9. The zero-order valence-corrected chi connectivity index (χ0v) is 17.9. The number of guanidine groups is 1. The quantitative estimate of drug-likeness (QED) is 0.418. The molecule has 2 rings (SSSR count). The highest BCUT2D eigenvalue weighted by molar-refractivity contribution is 5.80. The van der Waals surface area contributed by atoms with Crippen LogP contribution in [0.2, 0.25) is 0 Å². The minimum atomic E-state index is -0.0379. The molecule has 1 heterocycles. The molecule has 1 aliphatic heterocycles. The lowest BCUT2D eigenvalue weighted by Crippen LogP contribution is -2.47. The topological polar surface area (TPSA) is 57.2 Å². The monoisotopic (exact) mass is 380 g/mol. The van der Waals surface area contributed by atoms with Crippen LogP contribution in [0.15, 0.2) is 4.99 Å². The van der Waals surface area contributed by atoms with Gasteiger partial charge in [-0.3, -0.25) is 9.79 Å². The van der Waals surface area contributed by atoms with Crippen molar-refractivity contribution >= 4 is 11.9 Å². The van der Waals surface area contributed by atoms with Crippen molar-refractivity contribution < 1.29 is 9.53 Å². The Bertz CT molecular complexity index is 467. The van der Waals surface area contributed by atoms with E-state index in [1.54, 1.807) is 0 Å². The Morgan fingerprint density at radius 2 is 1.81 bits per heavy atom. The normalized spacial score (nSPS) is 21.4. The molecule has 0 aromatic heterocycles. The van der Waals surface area contributed by atoms with Gasteiger partial charge >= 0.3 is 5.97 Å². The number of rotatable bonds is 7. The first-order chi connectivity index (χ1) is 13.1. The molecule has 27 heavy (non-hydrogen) atoms. The van der Waals surface area contributed by atoms with Gasteiger partial charge in [0.05, 0.1) is 19.1 Å². The summed E-state index contributed by atoms with van der Waals surface area (Å²) in [5.41, 5.74) is 0. The zero-order valence-electron chi connectivity index (χ0n) is 17.9. The number of esters is 1. The lowest BCUT2D eigenvalue weighted by atomic mass is 9.83. The van der Waals surface area contributed by atoms with Crippen LogP contribution in [0.3, 0.4) is 0 Å². The predicted molar refractivity (Wildman–Crippen MR) is 111 cm³/mol. The molecule has 1 saturated carbocycles. The van der Waals surface area contributed by atoms with Crippen molar-refractivity contribution in [2.45, 2.75) is 64.8 Å². The van der Waals surface area contributed by atoms with Crippen LogP contribution in [0.4, 0.5) is 0 Å². The Hall–Kier alpha value is -1.30. The van der Waals surface area contributed by atoms with Gasteiger partial charge in [-0.1, -0.05) is 19.3 Å². The molecule has 156 valence electrons. The van der Waals surface area contributed by atoms with Crippen LogP contribution in [0, 0.1) is 11.8 Å². The summed E-state index contributed by atoms with van der Waals surface area (Å²) in [7, 11) is 4.37. The summed E-state index contributed by atoms with van der Waals surface area (Å²) in [6, 6.07) is 0.510. The molecule has 0 bridgehead atoms. The smallest absolute Gasteiger partial charge is 0.309 e. The molecular weight excluding hydrogens is 340 g/mol. The molecule has 1 aliphatic carbocycles. The summed E-state index contributed by atoms with van der Waals surface area (Å²) in [4.78, 5) is 21.7. The van der Waals surface area contributed by atoms with E-state index in [4.69, 9.17) is 9.73 Å². The second-order valence-corrected chi connectivity index (χ2v) is 8.14. The highest BCUT2D eigenvalue weighted by atomic mass is 16.5. The molecule has 0 aromatic rings. The lowest BCUT2D eigenvalue weighted by Gasteiger charge is -2.36. The summed E-state index contributed by atoms with van der Waals surface area (Å²) in [6.45, 7) is 7.90. The summed E-state index contributed by atoms with van der Waals surface area (Å²) in [5.74, 6) is 1.77. The van der Waals surface area contributed by atoms with Crippen molar-refractivity contribution in [3.63, 3.8) is 0 Å². The maximum absolute atomic E-state index is 12.0. The first kappa shape index (κ1) is 22.0. The minimum absolute atomic E-state index is 0.0379. The average molecular weight is 381 g/mol. The Morgan fingerprint density at radius 1 is 1.15 bits per heavy atom. The number of carbonyl (C=O) groups excluding carboxylic acids is 1. The lowest BCUT2D eigenvalue weighted by molar-refractivity contribution is -0.149. The number of hydrogen-bond donors (Lipinski definition) is 1. The van der Waals surface area contributed by atoms with E-state index >= 15 is 0 Å². The number of carbonyl (C=O) groups is 1. The van der Waals surface area contributed by atoms with Crippen molar-refractivity contribution in [2.75, 3.05) is 46.9 Å². The summed E-state index contributed by atoms with van der Waals surface area (Å²) >= 11 is 0. The largest absolute Gasteiger partial charge is 0.466 e. The third-order valence-electron chi connectivity index (χ3n) is 6.03. The molecule has 2 fully saturated rings. The standard InChI is InChI=1S/C21H40N4O2/c1-5-22-21(25-14-12-18(13-15-25)20(26)27-6-2)23-16-19(24(3)4)17-10-8-7-9-11-17/h17-19H,5-16H2,1-4H3,(H,22,23). The highest BCUT2D eigenvalue weighted by Crippen LogP contribution is 2.28. The second kappa shape index (κ2) is 11.5. The van der Waals surface area contributed by atoms with Crippen LogP contribution in [-0.2, 0) is 9.53 Å². The fourth-order valence-electron chi connectivity index (χ4n) is 4.45. The Labute approximate surface area is 165 Å². The van der Waals surface area contributed by atoms with Gasteiger partial charge in [0, 0.05) is 25.7 Å². The van der Waals surface area contributed by atoms with Crippen molar-refractivity contribution in [1.82, 2.24) is 15.1 Å². The van der Waals surface area contributed by atoms with Gasteiger partial charge in [-0.05, 0) is 59.5 Å². The van der Waals surface area contributed by atoms with Crippen LogP contribution in [0.5, 0.6) is 0 Å². The summed E-state index contributed by atoms with van der Waals surface area (Å²) in [5, 5.41) is 3.46. The molecule has 0 aromatic carbocycles. The van der Waals surface area contributed by atoms with Crippen molar-refractivity contribution in [1.29, 1.82) is 0 Å². The van der Waals surface area contributed by atoms with E-state index in [1.165, 1.54) is 32.1 Å². The maximum Gasteiger partial charge on any atom is 0.309 e. The Kier molecular flexibility index (Phi) is 9.39. The summed E-state index contributed by atoms with van der Waals surface area (Å²) < 4.78 is 5.19. The maximum atomic E-state index is 12.0. The van der Waals surface area contributed by atoms with E-state index in [0.717, 1.165) is 50.9 Å². The molecule has 0 amide bonds. The van der Waals surface area contributed by atoms with Crippen LogP contribution in [-0.4, -0.2) is 74.7 Å². The first-order valence-corrected chi connectivity index (χ1v) is 10.9. The number of likely N-dealkylation sites (N-methyl/N-ethyl adjacent to an activating group) is 1. The van der Waals surface area contributed by atoms with E-state index < -0.39 is 0 Å².